The lowest BCUT2D eigenvalue weighted by Gasteiger charge is -2.39. The van der Waals surface area contributed by atoms with Crippen LogP contribution < -0.4 is 4.74 Å². The molecule has 32 heavy (non-hydrogen) atoms. The Morgan fingerprint density at radius 2 is 1.62 bits per heavy atom. The fourth-order valence-corrected chi connectivity index (χ4v) is 4.26. The van der Waals surface area contributed by atoms with Crippen LogP contribution in [0.5, 0.6) is 5.75 Å². The molecule has 0 aliphatic carbocycles. The van der Waals surface area contributed by atoms with Gasteiger partial charge < -0.3 is 19.0 Å². The van der Waals surface area contributed by atoms with Crippen molar-refractivity contribution < 1.29 is 23.1 Å². The molecule has 2 aromatic rings. The number of nitrogens with zero attached hydrogens (tertiary/aromatic N) is 3. The van der Waals surface area contributed by atoms with Gasteiger partial charge in [-0.1, -0.05) is 0 Å². The second-order valence-corrected chi connectivity index (χ2v) is 8.40. The zero-order chi connectivity index (χ0) is 22.5. The van der Waals surface area contributed by atoms with Gasteiger partial charge in [-0.25, -0.2) is 4.39 Å². The van der Waals surface area contributed by atoms with Gasteiger partial charge in [0.1, 0.15) is 23.9 Å². The summed E-state index contributed by atoms with van der Waals surface area (Å²) in [5, 5.41) is 0. The molecular weight excluding hydrogens is 413 g/mol. The number of halogens is 1. The SMILES string of the molecule is CC(C(=O)N1CCCCC1)N1CCN(C(=O)c2ccc(COc3ccc(F)cc3)o2)CC1. The predicted octanol–water partition coefficient (Wildman–Crippen LogP) is 3.16. The summed E-state index contributed by atoms with van der Waals surface area (Å²) < 4.78 is 24.2. The van der Waals surface area contributed by atoms with Crippen LogP contribution in [0.1, 0.15) is 42.5 Å². The monoisotopic (exact) mass is 443 g/mol. The Hall–Kier alpha value is -2.87. The number of hydrogen-bond donors (Lipinski definition) is 0. The normalized spacial score (nSPS) is 18.4. The van der Waals surface area contributed by atoms with E-state index in [9.17, 15) is 14.0 Å². The average molecular weight is 444 g/mol. The van der Waals surface area contributed by atoms with Crippen molar-refractivity contribution in [3.05, 3.63) is 53.7 Å². The highest BCUT2D eigenvalue weighted by atomic mass is 19.1. The van der Waals surface area contributed by atoms with Gasteiger partial charge >= 0.3 is 0 Å². The van der Waals surface area contributed by atoms with Crippen molar-refractivity contribution in [1.29, 1.82) is 0 Å². The van der Waals surface area contributed by atoms with Crippen molar-refractivity contribution in [1.82, 2.24) is 14.7 Å². The van der Waals surface area contributed by atoms with E-state index in [4.69, 9.17) is 9.15 Å². The van der Waals surface area contributed by atoms with E-state index in [0.29, 0.717) is 37.7 Å². The maximum atomic E-state index is 13.0. The summed E-state index contributed by atoms with van der Waals surface area (Å²) in [4.78, 5) is 31.5. The quantitative estimate of drug-likeness (QED) is 0.686. The molecule has 0 radical (unpaired) electrons. The number of carbonyl (C=O) groups excluding carboxylic acids is 2. The van der Waals surface area contributed by atoms with Crippen LogP contribution in [-0.4, -0.2) is 71.8 Å². The Kier molecular flexibility index (Phi) is 7.09. The van der Waals surface area contributed by atoms with Crippen LogP contribution >= 0.6 is 0 Å². The zero-order valence-electron chi connectivity index (χ0n) is 18.5. The van der Waals surface area contributed by atoms with Gasteiger partial charge in [-0.15, -0.1) is 0 Å². The minimum atomic E-state index is -0.325. The molecule has 7 nitrogen and oxygen atoms in total. The van der Waals surface area contributed by atoms with Crippen molar-refractivity contribution >= 4 is 11.8 Å². The van der Waals surface area contributed by atoms with Crippen LogP contribution in [-0.2, 0) is 11.4 Å². The molecule has 1 aromatic heterocycles. The molecule has 4 rings (SSSR count). The lowest BCUT2D eigenvalue weighted by atomic mass is 10.1. The summed E-state index contributed by atoms with van der Waals surface area (Å²) in [6, 6.07) is 8.94. The lowest BCUT2D eigenvalue weighted by Crippen LogP contribution is -2.56. The van der Waals surface area contributed by atoms with E-state index in [1.165, 1.54) is 18.6 Å². The second-order valence-electron chi connectivity index (χ2n) is 8.40. The molecule has 1 atom stereocenters. The number of piperazine rings is 1. The summed E-state index contributed by atoms with van der Waals surface area (Å²) in [6.07, 6.45) is 3.37. The largest absolute Gasteiger partial charge is 0.486 e. The van der Waals surface area contributed by atoms with Crippen molar-refractivity contribution in [2.45, 2.75) is 38.8 Å². The minimum Gasteiger partial charge on any atom is -0.486 e. The number of amides is 2. The van der Waals surface area contributed by atoms with E-state index in [2.05, 4.69) is 4.90 Å². The van der Waals surface area contributed by atoms with Crippen molar-refractivity contribution in [2.24, 2.45) is 0 Å². The minimum absolute atomic E-state index is 0.156. The van der Waals surface area contributed by atoms with E-state index in [1.54, 1.807) is 29.2 Å². The molecule has 2 amide bonds. The Morgan fingerprint density at radius 3 is 2.31 bits per heavy atom. The zero-order valence-corrected chi connectivity index (χ0v) is 18.5. The van der Waals surface area contributed by atoms with Gasteiger partial charge in [-0.2, -0.15) is 0 Å². The Bertz CT molecular complexity index is 916. The molecule has 1 unspecified atom stereocenters. The number of likely N-dealkylation sites (tertiary alicyclic amines) is 1. The third-order valence-corrected chi connectivity index (χ3v) is 6.24. The van der Waals surface area contributed by atoms with Crippen LogP contribution in [0.25, 0.3) is 0 Å². The summed E-state index contributed by atoms with van der Waals surface area (Å²) in [5.74, 6) is 1.04. The number of carbonyl (C=O) groups is 2. The highest BCUT2D eigenvalue weighted by Gasteiger charge is 2.31. The first-order valence-corrected chi connectivity index (χ1v) is 11.3. The van der Waals surface area contributed by atoms with Crippen LogP contribution in [0, 0.1) is 5.82 Å². The third-order valence-electron chi connectivity index (χ3n) is 6.24. The highest BCUT2D eigenvalue weighted by molar-refractivity contribution is 5.91. The molecule has 0 spiro atoms. The van der Waals surface area contributed by atoms with E-state index < -0.39 is 0 Å². The lowest BCUT2D eigenvalue weighted by molar-refractivity contribution is -0.137. The van der Waals surface area contributed by atoms with Gasteiger partial charge in [0.25, 0.3) is 5.91 Å². The molecule has 3 heterocycles. The summed E-state index contributed by atoms with van der Waals surface area (Å²) >= 11 is 0. The van der Waals surface area contributed by atoms with Gasteiger partial charge in [0.15, 0.2) is 5.76 Å². The number of piperidine rings is 1. The fraction of sp³-hybridized carbons (Fsp3) is 0.500. The molecule has 0 saturated carbocycles. The summed E-state index contributed by atoms with van der Waals surface area (Å²) in [6.45, 7) is 6.26. The first-order valence-electron chi connectivity index (χ1n) is 11.3. The predicted molar refractivity (Wildman–Crippen MR) is 117 cm³/mol. The smallest absolute Gasteiger partial charge is 0.289 e. The van der Waals surface area contributed by atoms with Crippen LogP contribution in [0.3, 0.4) is 0 Å². The van der Waals surface area contributed by atoms with Gasteiger partial charge in [-0.3, -0.25) is 14.5 Å². The maximum Gasteiger partial charge on any atom is 0.289 e. The fourth-order valence-electron chi connectivity index (χ4n) is 4.26. The van der Waals surface area contributed by atoms with Gasteiger partial charge in [0.2, 0.25) is 5.91 Å². The first kappa shape index (κ1) is 22.3. The van der Waals surface area contributed by atoms with Crippen LogP contribution in [0.4, 0.5) is 4.39 Å². The Labute approximate surface area is 187 Å². The topological polar surface area (TPSA) is 66.2 Å². The Morgan fingerprint density at radius 1 is 0.938 bits per heavy atom. The number of ether oxygens (including phenoxy) is 1. The number of benzene rings is 1. The molecule has 2 aliphatic heterocycles. The van der Waals surface area contributed by atoms with Crippen molar-refractivity contribution in [3.8, 4) is 5.75 Å². The van der Waals surface area contributed by atoms with E-state index in [0.717, 1.165) is 25.9 Å². The van der Waals surface area contributed by atoms with Crippen molar-refractivity contribution in [3.63, 3.8) is 0 Å². The van der Waals surface area contributed by atoms with E-state index >= 15 is 0 Å². The van der Waals surface area contributed by atoms with Crippen molar-refractivity contribution in [2.75, 3.05) is 39.3 Å². The average Bonchev–Trinajstić information content (AvgIpc) is 3.32. The molecule has 2 aliphatic rings. The van der Waals surface area contributed by atoms with Gasteiger partial charge in [-0.05, 0) is 62.6 Å². The molecule has 2 saturated heterocycles. The Balaban J connectivity index is 1.26. The molecule has 8 heteroatoms. The molecule has 0 bridgehead atoms. The second kappa shape index (κ2) is 10.2. The van der Waals surface area contributed by atoms with Crippen LogP contribution in [0.15, 0.2) is 40.8 Å². The third kappa shape index (κ3) is 5.30. The highest BCUT2D eigenvalue weighted by Crippen LogP contribution is 2.18. The number of rotatable bonds is 6. The number of hydrogen-bond acceptors (Lipinski definition) is 5. The molecule has 1 aromatic carbocycles. The maximum absolute atomic E-state index is 13.0. The summed E-state index contributed by atoms with van der Waals surface area (Å²) in [7, 11) is 0. The molecule has 172 valence electrons. The molecular formula is C24H30FN3O4. The van der Waals surface area contributed by atoms with E-state index in [1.807, 2.05) is 11.8 Å². The van der Waals surface area contributed by atoms with E-state index in [-0.39, 0.29) is 36.0 Å². The standard InChI is InChI=1S/C24H30FN3O4/c1-18(23(29)27-11-3-2-4-12-27)26-13-15-28(16-14-26)24(30)22-10-9-21(32-22)17-31-20-7-5-19(25)6-8-20/h5-10,18H,2-4,11-17H2,1H3. The van der Waals surface area contributed by atoms with Gasteiger partial charge in [0.05, 0.1) is 6.04 Å². The van der Waals surface area contributed by atoms with Crippen LogP contribution in [0.2, 0.25) is 0 Å². The molecule has 0 N–H and O–H groups in total. The first-order chi connectivity index (χ1) is 15.5. The summed E-state index contributed by atoms with van der Waals surface area (Å²) in [5.41, 5.74) is 0. The number of furan rings is 1. The molecule has 2 fully saturated rings. The van der Waals surface area contributed by atoms with Gasteiger partial charge in [0, 0.05) is 39.3 Å².